The predicted octanol–water partition coefficient (Wildman–Crippen LogP) is 1.35. The lowest BCUT2D eigenvalue weighted by Gasteiger charge is -2.15. The summed E-state index contributed by atoms with van der Waals surface area (Å²) in [7, 11) is 0. The van der Waals surface area contributed by atoms with Gasteiger partial charge in [0.1, 0.15) is 11.6 Å². The quantitative estimate of drug-likeness (QED) is 0.815. The standard InChI is InChI=1S/C12H17FN2O2/c1-7(12(15)16)6-17-11-5-9(13)3-4-10(11)8(2)14/h3-5,7-8H,6,14H2,1-2H3,(H2,15,16)/t7?,8-/m0/s1. The number of halogens is 1. The highest BCUT2D eigenvalue weighted by atomic mass is 19.1. The normalized spacial score (nSPS) is 14.1. The van der Waals surface area contributed by atoms with Crippen LogP contribution in [0, 0.1) is 11.7 Å². The molecule has 0 aliphatic rings. The van der Waals surface area contributed by atoms with E-state index in [1.165, 1.54) is 12.1 Å². The number of rotatable bonds is 5. The van der Waals surface area contributed by atoms with E-state index < -0.39 is 17.6 Å². The third kappa shape index (κ3) is 3.71. The second-order valence-corrected chi connectivity index (χ2v) is 4.09. The van der Waals surface area contributed by atoms with E-state index in [-0.39, 0.29) is 12.6 Å². The van der Waals surface area contributed by atoms with Gasteiger partial charge in [0, 0.05) is 17.7 Å². The minimum atomic E-state index is -0.455. The van der Waals surface area contributed by atoms with Crippen LogP contribution in [0.25, 0.3) is 0 Å². The van der Waals surface area contributed by atoms with Crippen molar-refractivity contribution in [2.45, 2.75) is 19.9 Å². The van der Waals surface area contributed by atoms with Gasteiger partial charge in [-0.25, -0.2) is 4.39 Å². The smallest absolute Gasteiger partial charge is 0.223 e. The number of carbonyl (C=O) groups is 1. The summed E-state index contributed by atoms with van der Waals surface area (Å²) < 4.78 is 18.5. The van der Waals surface area contributed by atoms with Crippen molar-refractivity contribution in [3.05, 3.63) is 29.6 Å². The van der Waals surface area contributed by atoms with Crippen LogP contribution in [0.3, 0.4) is 0 Å². The van der Waals surface area contributed by atoms with E-state index in [4.69, 9.17) is 16.2 Å². The van der Waals surface area contributed by atoms with E-state index in [0.717, 1.165) is 0 Å². The van der Waals surface area contributed by atoms with Crippen LogP contribution in [0.5, 0.6) is 5.75 Å². The summed E-state index contributed by atoms with van der Waals surface area (Å²) in [5, 5.41) is 0. The number of hydrogen-bond donors (Lipinski definition) is 2. The Morgan fingerprint density at radius 2 is 2.12 bits per heavy atom. The van der Waals surface area contributed by atoms with Crippen molar-refractivity contribution < 1.29 is 13.9 Å². The van der Waals surface area contributed by atoms with Crippen molar-refractivity contribution in [3.8, 4) is 5.75 Å². The van der Waals surface area contributed by atoms with E-state index in [1.54, 1.807) is 19.9 Å². The molecule has 0 bridgehead atoms. The topological polar surface area (TPSA) is 78.3 Å². The Morgan fingerprint density at radius 3 is 2.65 bits per heavy atom. The first-order valence-corrected chi connectivity index (χ1v) is 5.39. The highest BCUT2D eigenvalue weighted by molar-refractivity contribution is 5.76. The number of nitrogens with two attached hydrogens (primary N) is 2. The molecular formula is C12H17FN2O2. The molecule has 1 aromatic rings. The molecule has 4 nitrogen and oxygen atoms in total. The summed E-state index contributed by atoms with van der Waals surface area (Å²) in [5.74, 6) is -0.938. The maximum atomic E-state index is 13.1. The van der Waals surface area contributed by atoms with Gasteiger partial charge in [-0.05, 0) is 13.0 Å². The lowest BCUT2D eigenvalue weighted by Crippen LogP contribution is -2.26. The van der Waals surface area contributed by atoms with Crippen molar-refractivity contribution in [2.75, 3.05) is 6.61 Å². The monoisotopic (exact) mass is 240 g/mol. The molecular weight excluding hydrogens is 223 g/mol. The number of benzene rings is 1. The van der Waals surface area contributed by atoms with Crippen LogP contribution in [0.2, 0.25) is 0 Å². The van der Waals surface area contributed by atoms with Crippen LogP contribution in [0.1, 0.15) is 25.5 Å². The van der Waals surface area contributed by atoms with Gasteiger partial charge < -0.3 is 16.2 Å². The fourth-order valence-corrected chi connectivity index (χ4v) is 1.31. The molecule has 0 spiro atoms. The summed E-state index contributed by atoms with van der Waals surface area (Å²) in [6, 6.07) is 3.88. The van der Waals surface area contributed by atoms with Gasteiger partial charge in [0.25, 0.3) is 0 Å². The van der Waals surface area contributed by atoms with Gasteiger partial charge in [0.05, 0.1) is 12.5 Å². The summed E-state index contributed by atoms with van der Waals surface area (Å²) in [5.41, 5.74) is 11.5. The molecule has 5 heteroatoms. The van der Waals surface area contributed by atoms with E-state index in [2.05, 4.69) is 0 Å². The van der Waals surface area contributed by atoms with Crippen LogP contribution < -0.4 is 16.2 Å². The van der Waals surface area contributed by atoms with Gasteiger partial charge in [0.2, 0.25) is 5.91 Å². The molecule has 0 radical (unpaired) electrons. The molecule has 1 rings (SSSR count). The number of primary amides is 1. The Labute approximate surface area is 99.7 Å². The fraction of sp³-hybridized carbons (Fsp3) is 0.417. The van der Waals surface area contributed by atoms with Crippen molar-refractivity contribution in [2.24, 2.45) is 17.4 Å². The molecule has 1 aromatic carbocycles. The molecule has 1 unspecified atom stereocenters. The van der Waals surface area contributed by atoms with Crippen LogP contribution in [-0.2, 0) is 4.79 Å². The molecule has 0 aliphatic heterocycles. The molecule has 17 heavy (non-hydrogen) atoms. The van der Waals surface area contributed by atoms with Crippen molar-refractivity contribution in [1.29, 1.82) is 0 Å². The first kappa shape index (κ1) is 13.4. The SMILES string of the molecule is CC(COc1cc(F)ccc1[C@H](C)N)C(N)=O. The van der Waals surface area contributed by atoms with E-state index in [9.17, 15) is 9.18 Å². The van der Waals surface area contributed by atoms with Crippen molar-refractivity contribution in [1.82, 2.24) is 0 Å². The first-order chi connectivity index (χ1) is 7.91. The fourth-order valence-electron chi connectivity index (χ4n) is 1.31. The van der Waals surface area contributed by atoms with Crippen LogP contribution in [0.4, 0.5) is 4.39 Å². The van der Waals surface area contributed by atoms with Gasteiger partial charge in [-0.15, -0.1) is 0 Å². The molecule has 0 fully saturated rings. The minimum Gasteiger partial charge on any atom is -0.492 e. The molecule has 1 amide bonds. The minimum absolute atomic E-state index is 0.110. The average molecular weight is 240 g/mol. The Balaban J connectivity index is 2.82. The first-order valence-electron chi connectivity index (χ1n) is 5.39. The highest BCUT2D eigenvalue weighted by Crippen LogP contribution is 2.25. The summed E-state index contributed by atoms with van der Waals surface area (Å²) >= 11 is 0. The second kappa shape index (κ2) is 5.63. The third-order valence-electron chi connectivity index (χ3n) is 2.44. The third-order valence-corrected chi connectivity index (χ3v) is 2.44. The van der Waals surface area contributed by atoms with E-state index >= 15 is 0 Å². The molecule has 0 saturated heterocycles. The Bertz CT molecular complexity index is 407. The zero-order valence-electron chi connectivity index (χ0n) is 9.94. The lowest BCUT2D eigenvalue weighted by atomic mass is 10.1. The van der Waals surface area contributed by atoms with Crippen molar-refractivity contribution >= 4 is 5.91 Å². The number of hydrogen-bond acceptors (Lipinski definition) is 3. The number of carbonyl (C=O) groups excluding carboxylic acids is 1. The van der Waals surface area contributed by atoms with Gasteiger partial charge in [0.15, 0.2) is 0 Å². The van der Waals surface area contributed by atoms with Crippen LogP contribution in [0.15, 0.2) is 18.2 Å². The average Bonchev–Trinajstić information content (AvgIpc) is 2.25. The maximum absolute atomic E-state index is 13.1. The molecule has 94 valence electrons. The molecule has 0 aromatic heterocycles. The largest absolute Gasteiger partial charge is 0.492 e. The zero-order valence-corrected chi connectivity index (χ0v) is 9.94. The molecule has 4 N–H and O–H groups in total. The van der Waals surface area contributed by atoms with Crippen LogP contribution >= 0.6 is 0 Å². The second-order valence-electron chi connectivity index (χ2n) is 4.09. The van der Waals surface area contributed by atoms with Gasteiger partial charge >= 0.3 is 0 Å². The maximum Gasteiger partial charge on any atom is 0.223 e. The predicted molar refractivity (Wildman–Crippen MR) is 62.9 cm³/mol. The summed E-state index contributed by atoms with van der Waals surface area (Å²) in [4.78, 5) is 10.8. The Morgan fingerprint density at radius 1 is 1.47 bits per heavy atom. The lowest BCUT2D eigenvalue weighted by molar-refractivity contribution is -0.122. The van der Waals surface area contributed by atoms with E-state index in [0.29, 0.717) is 11.3 Å². The highest BCUT2D eigenvalue weighted by Gasteiger charge is 2.13. The molecule has 0 saturated carbocycles. The Hall–Kier alpha value is -1.62. The Kier molecular flexibility index (Phi) is 4.45. The van der Waals surface area contributed by atoms with Gasteiger partial charge in [-0.2, -0.15) is 0 Å². The molecule has 2 atom stereocenters. The van der Waals surface area contributed by atoms with E-state index in [1.807, 2.05) is 0 Å². The van der Waals surface area contributed by atoms with Crippen LogP contribution in [-0.4, -0.2) is 12.5 Å². The summed E-state index contributed by atoms with van der Waals surface area (Å²) in [6.07, 6.45) is 0. The number of amides is 1. The van der Waals surface area contributed by atoms with Gasteiger partial charge in [-0.1, -0.05) is 13.0 Å². The zero-order chi connectivity index (χ0) is 13.0. The molecule has 0 aliphatic carbocycles. The summed E-state index contributed by atoms with van der Waals surface area (Å²) in [6.45, 7) is 3.53. The van der Waals surface area contributed by atoms with Gasteiger partial charge in [-0.3, -0.25) is 4.79 Å². The molecule has 0 heterocycles. The van der Waals surface area contributed by atoms with Crippen molar-refractivity contribution in [3.63, 3.8) is 0 Å². The number of ether oxygens (including phenoxy) is 1.